The molecule has 2 saturated carbocycles. The summed E-state index contributed by atoms with van der Waals surface area (Å²) in [6.07, 6.45) is 13.9. The maximum atomic E-state index is 11.5. The van der Waals surface area contributed by atoms with Crippen LogP contribution in [0.25, 0.3) is 0 Å². The average Bonchev–Trinajstić information content (AvgIpc) is 3.23. The first kappa shape index (κ1) is 23.2. The minimum atomic E-state index is -0.809. The molecule has 1 N–H and O–H groups in total. The van der Waals surface area contributed by atoms with Crippen molar-refractivity contribution in [3.63, 3.8) is 0 Å². The zero-order valence-electron chi connectivity index (χ0n) is 20.5. The van der Waals surface area contributed by atoms with E-state index in [0.717, 1.165) is 12.8 Å². The largest absolute Gasteiger partial charge is 0.390 e. The summed E-state index contributed by atoms with van der Waals surface area (Å²) in [4.78, 5) is 0. The molecule has 3 aliphatic carbocycles. The third-order valence-corrected chi connectivity index (χ3v) is 9.05. The Labute approximate surface area is 188 Å². The van der Waals surface area contributed by atoms with Crippen LogP contribution >= 0.6 is 0 Å². The fourth-order valence-electron chi connectivity index (χ4n) is 7.47. The Bertz CT molecular complexity index is 776. The average molecular weight is 431 g/mol. The van der Waals surface area contributed by atoms with Gasteiger partial charge >= 0.3 is 0 Å². The van der Waals surface area contributed by atoms with Gasteiger partial charge < -0.3 is 19.3 Å². The lowest BCUT2D eigenvalue weighted by atomic mass is 9.62. The molecule has 4 aliphatic rings. The van der Waals surface area contributed by atoms with Crippen molar-refractivity contribution in [1.82, 2.24) is 0 Å². The molecule has 31 heavy (non-hydrogen) atoms. The van der Waals surface area contributed by atoms with E-state index in [-0.39, 0.29) is 23.5 Å². The van der Waals surface area contributed by atoms with Gasteiger partial charge in [0.25, 0.3) is 0 Å². The molecule has 4 rings (SSSR count). The van der Waals surface area contributed by atoms with Crippen molar-refractivity contribution >= 4 is 0 Å². The molecule has 0 bridgehead atoms. The number of fused-ring (bicyclic) bond motifs is 1. The van der Waals surface area contributed by atoms with Crippen LogP contribution in [0.4, 0.5) is 0 Å². The Hall–Kier alpha value is -0.940. The lowest BCUT2D eigenvalue weighted by molar-refractivity contribution is -0.265. The number of allylic oxidation sites excluding steroid dienone is 5. The molecule has 9 atom stereocenters. The smallest absolute Gasteiger partial charge is 0.183 e. The van der Waals surface area contributed by atoms with E-state index in [9.17, 15) is 5.11 Å². The molecule has 4 nitrogen and oxygen atoms in total. The second kappa shape index (κ2) is 8.13. The van der Waals surface area contributed by atoms with Crippen LogP contribution in [0.15, 0.2) is 35.5 Å². The third-order valence-electron chi connectivity index (χ3n) is 9.05. The summed E-state index contributed by atoms with van der Waals surface area (Å²) >= 11 is 0. The van der Waals surface area contributed by atoms with Crippen LogP contribution in [-0.4, -0.2) is 37.0 Å². The molecule has 3 fully saturated rings. The fourth-order valence-corrected chi connectivity index (χ4v) is 7.47. The number of aliphatic hydroxyl groups is 1. The van der Waals surface area contributed by atoms with Crippen molar-refractivity contribution in [2.24, 2.45) is 35.0 Å². The van der Waals surface area contributed by atoms with E-state index in [1.54, 1.807) is 14.2 Å². The van der Waals surface area contributed by atoms with Crippen LogP contribution in [0.1, 0.15) is 66.7 Å². The van der Waals surface area contributed by atoms with Gasteiger partial charge in [-0.3, -0.25) is 0 Å². The zero-order valence-corrected chi connectivity index (χ0v) is 20.5. The monoisotopic (exact) mass is 430 g/mol. The van der Waals surface area contributed by atoms with Crippen molar-refractivity contribution < 1.29 is 19.3 Å². The fraction of sp³-hybridized carbons (Fsp3) is 0.778. The molecule has 1 saturated heterocycles. The summed E-state index contributed by atoms with van der Waals surface area (Å²) in [6, 6.07) is 0. The van der Waals surface area contributed by atoms with E-state index in [0.29, 0.717) is 24.2 Å². The Morgan fingerprint density at radius 3 is 2.65 bits per heavy atom. The number of hydrogen-bond acceptors (Lipinski definition) is 4. The molecular formula is C27H42O4. The van der Waals surface area contributed by atoms with Crippen molar-refractivity contribution in [3.8, 4) is 0 Å². The number of methoxy groups -OCH3 is 2. The highest BCUT2D eigenvalue weighted by molar-refractivity contribution is 5.28. The molecule has 4 heteroatoms. The van der Waals surface area contributed by atoms with Crippen LogP contribution in [0.5, 0.6) is 0 Å². The van der Waals surface area contributed by atoms with Gasteiger partial charge in [0.05, 0.1) is 5.60 Å². The molecule has 0 unspecified atom stereocenters. The van der Waals surface area contributed by atoms with Crippen molar-refractivity contribution in [2.75, 3.05) is 14.2 Å². The van der Waals surface area contributed by atoms with Crippen molar-refractivity contribution in [2.45, 2.75) is 84.4 Å². The van der Waals surface area contributed by atoms with E-state index in [1.807, 2.05) is 6.92 Å². The number of ether oxygens (including phenoxy) is 3. The zero-order chi connectivity index (χ0) is 22.6. The van der Waals surface area contributed by atoms with Crippen molar-refractivity contribution in [3.05, 3.63) is 35.5 Å². The van der Waals surface area contributed by atoms with Gasteiger partial charge in [-0.15, -0.1) is 0 Å². The SMILES string of the molecule is CO[C@H]1O[C@]2(OC)C[C@@](C)(O)[C@H]3C[C@@]4(C)CC[C@H]([C@@H](C)/C=C\C=C(C)C)[C@@H]4C/C=C/1[C@@H]32. The van der Waals surface area contributed by atoms with Crippen LogP contribution in [-0.2, 0) is 14.2 Å². The maximum Gasteiger partial charge on any atom is 0.183 e. The Morgan fingerprint density at radius 1 is 1.26 bits per heavy atom. The summed E-state index contributed by atoms with van der Waals surface area (Å²) in [7, 11) is 3.42. The van der Waals surface area contributed by atoms with Crippen molar-refractivity contribution in [1.29, 1.82) is 0 Å². The molecule has 1 heterocycles. The Kier molecular flexibility index (Phi) is 6.09. The highest BCUT2D eigenvalue weighted by atomic mass is 16.8. The molecule has 0 aromatic carbocycles. The van der Waals surface area contributed by atoms with Gasteiger partial charge in [0, 0.05) is 26.6 Å². The minimum Gasteiger partial charge on any atom is -0.390 e. The van der Waals surface area contributed by atoms with Gasteiger partial charge in [-0.2, -0.15) is 0 Å². The van der Waals surface area contributed by atoms with E-state index in [2.05, 4.69) is 52.0 Å². The van der Waals surface area contributed by atoms with Gasteiger partial charge in [0.1, 0.15) is 0 Å². The summed E-state index contributed by atoms with van der Waals surface area (Å²) in [5, 5.41) is 11.5. The minimum absolute atomic E-state index is 0.0595. The highest BCUT2D eigenvalue weighted by Crippen LogP contribution is 2.65. The van der Waals surface area contributed by atoms with Gasteiger partial charge in [-0.25, -0.2) is 0 Å². The molecule has 0 spiro atoms. The van der Waals surface area contributed by atoms with Crippen LogP contribution in [0, 0.1) is 35.0 Å². The van der Waals surface area contributed by atoms with Gasteiger partial charge in [-0.05, 0) is 81.1 Å². The second-order valence-electron chi connectivity index (χ2n) is 11.4. The summed E-state index contributed by atoms with van der Waals surface area (Å²) in [5.74, 6) is 1.19. The summed E-state index contributed by atoms with van der Waals surface area (Å²) in [5.41, 5.74) is 1.93. The lowest BCUT2D eigenvalue weighted by Crippen LogP contribution is -2.40. The van der Waals surface area contributed by atoms with Crippen LogP contribution in [0.2, 0.25) is 0 Å². The van der Waals surface area contributed by atoms with E-state index in [1.165, 1.54) is 24.0 Å². The molecule has 0 radical (unpaired) electrons. The highest BCUT2D eigenvalue weighted by Gasteiger charge is 2.68. The quantitative estimate of drug-likeness (QED) is 0.454. The van der Waals surface area contributed by atoms with Gasteiger partial charge in [0.15, 0.2) is 12.1 Å². The van der Waals surface area contributed by atoms with Gasteiger partial charge in [-0.1, -0.05) is 43.7 Å². The third kappa shape index (κ3) is 3.78. The molecule has 0 aromatic heterocycles. The first-order chi connectivity index (χ1) is 14.6. The normalized spacial score (nSPS) is 49.2. The van der Waals surface area contributed by atoms with Gasteiger partial charge in [0.2, 0.25) is 0 Å². The molecule has 0 amide bonds. The van der Waals surface area contributed by atoms with Crippen LogP contribution < -0.4 is 0 Å². The Morgan fingerprint density at radius 2 is 2.00 bits per heavy atom. The Balaban J connectivity index is 1.69. The lowest BCUT2D eigenvalue weighted by Gasteiger charge is -2.43. The summed E-state index contributed by atoms with van der Waals surface area (Å²) in [6.45, 7) is 11.1. The van der Waals surface area contributed by atoms with E-state index >= 15 is 0 Å². The molecule has 1 aliphatic heterocycles. The predicted octanol–water partition coefficient (Wildman–Crippen LogP) is 5.63. The topological polar surface area (TPSA) is 47.9 Å². The number of rotatable bonds is 5. The standard InChI is InChI=1S/C27H42O4/c1-17(2)9-8-10-18(3)19-13-14-25(4)15-22-23-20(11-12-21(19)25)24(29-6)31-27(23,30-7)16-26(22,5)28/h8-11,18-19,21-24,28H,12-16H2,1-7H3/b10-8-,20-11+/t18-,19+,21-,22-,23-,24-,25+,26+,27+/m0/s1. The molecule has 0 aromatic rings. The molecular weight excluding hydrogens is 388 g/mol. The number of hydrogen-bond donors (Lipinski definition) is 1. The first-order valence-corrected chi connectivity index (χ1v) is 12.1. The van der Waals surface area contributed by atoms with Crippen LogP contribution in [0.3, 0.4) is 0 Å². The van der Waals surface area contributed by atoms with E-state index < -0.39 is 11.4 Å². The second-order valence-corrected chi connectivity index (χ2v) is 11.4. The first-order valence-electron chi connectivity index (χ1n) is 12.1. The van der Waals surface area contributed by atoms with E-state index in [4.69, 9.17) is 14.2 Å². The maximum absolute atomic E-state index is 11.5. The summed E-state index contributed by atoms with van der Waals surface area (Å²) < 4.78 is 18.1. The molecule has 174 valence electrons. The predicted molar refractivity (Wildman–Crippen MR) is 123 cm³/mol.